The van der Waals surface area contributed by atoms with E-state index in [9.17, 15) is 9.59 Å². The molecule has 0 bridgehead atoms. The summed E-state index contributed by atoms with van der Waals surface area (Å²) in [5, 5.41) is 0.627. The van der Waals surface area contributed by atoms with E-state index in [0.717, 1.165) is 27.1 Å². The maximum atomic E-state index is 13.4. The Morgan fingerprint density at radius 2 is 1.53 bits per heavy atom. The lowest BCUT2D eigenvalue weighted by molar-refractivity contribution is -0.137. The quantitative estimate of drug-likeness (QED) is 0.461. The highest BCUT2D eigenvalue weighted by Gasteiger charge is 2.39. The fourth-order valence-electron chi connectivity index (χ4n) is 3.33. The molecule has 0 spiro atoms. The molecule has 1 aliphatic rings. The van der Waals surface area contributed by atoms with Gasteiger partial charge in [0.2, 0.25) is 0 Å². The van der Waals surface area contributed by atoms with Crippen molar-refractivity contribution in [1.29, 1.82) is 0 Å². The van der Waals surface area contributed by atoms with E-state index in [4.69, 9.17) is 11.6 Å². The van der Waals surface area contributed by atoms with Gasteiger partial charge in [0.25, 0.3) is 11.8 Å². The molecule has 0 radical (unpaired) electrons. The van der Waals surface area contributed by atoms with Crippen LogP contribution in [0, 0.1) is 13.8 Å². The number of hydrogen-bond acceptors (Lipinski definition) is 3. The average Bonchev–Trinajstić information content (AvgIpc) is 2.97. The Hall–Kier alpha value is -2.82. The van der Waals surface area contributed by atoms with Gasteiger partial charge in [0.15, 0.2) is 0 Å². The molecular weight excluding hydrogens is 414 g/mol. The molecule has 0 unspecified atom stereocenters. The van der Waals surface area contributed by atoms with Gasteiger partial charge in [0.05, 0.1) is 17.0 Å². The SMILES string of the molecule is Cc1ccc(C2=C(Sc3ccc(Cl)cc3)C(=O)N(Cc3ccccc3)C2=O)cc1C. The van der Waals surface area contributed by atoms with Gasteiger partial charge in [-0.25, -0.2) is 0 Å². The average molecular weight is 434 g/mol. The Morgan fingerprint density at radius 3 is 2.20 bits per heavy atom. The van der Waals surface area contributed by atoms with E-state index in [1.54, 1.807) is 12.1 Å². The van der Waals surface area contributed by atoms with Crippen LogP contribution >= 0.6 is 23.4 Å². The predicted molar refractivity (Wildman–Crippen MR) is 122 cm³/mol. The topological polar surface area (TPSA) is 37.4 Å². The first kappa shape index (κ1) is 20.5. The number of hydrogen-bond donors (Lipinski definition) is 0. The number of benzene rings is 3. The predicted octanol–water partition coefficient (Wildman–Crippen LogP) is 6.03. The smallest absolute Gasteiger partial charge is 0.268 e. The van der Waals surface area contributed by atoms with E-state index in [1.165, 1.54) is 16.7 Å². The second kappa shape index (κ2) is 8.50. The molecule has 3 nitrogen and oxygen atoms in total. The van der Waals surface area contributed by atoms with Gasteiger partial charge >= 0.3 is 0 Å². The Labute approximate surface area is 185 Å². The Kier molecular flexibility index (Phi) is 5.80. The Morgan fingerprint density at radius 1 is 0.833 bits per heavy atom. The summed E-state index contributed by atoms with van der Waals surface area (Å²) in [5.41, 5.74) is 4.36. The van der Waals surface area contributed by atoms with Crippen LogP contribution in [-0.4, -0.2) is 16.7 Å². The standard InChI is InChI=1S/C25H20ClNO2S/c1-16-8-9-19(14-17(16)2)22-23(30-21-12-10-20(26)11-13-21)25(29)27(24(22)28)15-18-6-4-3-5-7-18/h3-14H,15H2,1-2H3. The van der Waals surface area contributed by atoms with Crippen molar-refractivity contribution in [2.75, 3.05) is 0 Å². The Bertz CT molecular complexity index is 1150. The third-order valence-electron chi connectivity index (χ3n) is 5.14. The normalized spacial score (nSPS) is 14.0. The number of halogens is 1. The van der Waals surface area contributed by atoms with Gasteiger partial charge in [-0.15, -0.1) is 0 Å². The van der Waals surface area contributed by atoms with Crippen molar-refractivity contribution in [3.05, 3.63) is 105 Å². The lowest BCUT2D eigenvalue weighted by atomic mass is 10.0. The van der Waals surface area contributed by atoms with Crippen LogP contribution in [0.2, 0.25) is 5.02 Å². The van der Waals surface area contributed by atoms with Gasteiger partial charge in [0.1, 0.15) is 0 Å². The molecule has 2 amide bonds. The second-order valence-electron chi connectivity index (χ2n) is 7.24. The lowest BCUT2D eigenvalue weighted by Gasteiger charge is -2.15. The highest BCUT2D eigenvalue weighted by atomic mass is 35.5. The van der Waals surface area contributed by atoms with Crippen LogP contribution in [-0.2, 0) is 16.1 Å². The maximum absolute atomic E-state index is 13.4. The van der Waals surface area contributed by atoms with Crippen molar-refractivity contribution in [3.8, 4) is 0 Å². The molecule has 0 saturated heterocycles. The second-order valence-corrected chi connectivity index (χ2v) is 8.76. The fraction of sp³-hybridized carbons (Fsp3) is 0.120. The van der Waals surface area contributed by atoms with E-state index in [-0.39, 0.29) is 18.4 Å². The van der Waals surface area contributed by atoms with Crippen molar-refractivity contribution in [2.45, 2.75) is 25.3 Å². The van der Waals surface area contributed by atoms with E-state index in [2.05, 4.69) is 0 Å². The van der Waals surface area contributed by atoms with Crippen molar-refractivity contribution in [1.82, 2.24) is 4.90 Å². The summed E-state index contributed by atoms with van der Waals surface area (Å²) in [7, 11) is 0. The lowest BCUT2D eigenvalue weighted by Crippen LogP contribution is -2.30. The molecule has 0 N–H and O–H groups in total. The van der Waals surface area contributed by atoms with Crippen LogP contribution in [0.5, 0.6) is 0 Å². The minimum absolute atomic E-state index is 0.248. The summed E-state index contributed by atoms with van der Waals surface area (Å²) in [6.45, 7) is 4.28. The van der Waals surface area contributed by atoms with Gasteiger partial charge in [-0.05, 0) is 60.4 Å². The van der Waals surface area contributed by atoms with Gasteiger partial charge < -0.3 is 0 Å². The first-order valence-corrected chi connectivity index (χ1v) is 10.8. The summed E-state index contributed by atoms with van der Waals surface area (Å²) in [5.74, 6) is -0.527. The molecule has 4 rings (SSSR count). The molecule has 3 aromatic carbocycles. The Balaban J connectivity index is 1.76. The molecule has 150 valence electrons. The van der Waals surface area contributed by atoms with Gasteiger partial charge in [-0.3, -0.25) is 14.5 Å². The number of carbonyl (C=O) groups excluding carboxylic acids is 2. The van der Waals surface area contributed by atoms with Crippen LogP contribution in [0.15, 0.2) is 82.6 Å². The number of carbonyl (C=O) groups is 2. The van der Waals surface area contributed by atoms with E-state index in [0.29, 0.717) is 15.5 Å². The van der Waals surface area contributed by atoms with Gasteiger partial charge in [0, 0.05) is 9.92 Å². The van der Waals surface area contributed by atoms with Gasteiger partial charge in [-0.2, -0.15) is 0 Å². The minimum atomic E-state index is -0.267. The minimum Gasteiger partial charge on any atom is -0.269 e. The van der Waals surface area contributed by atoms with Crippen LogP contribution < -0.4 is 0 Å². The third-order valence-corrected chi connectivity index (χ3v) is 6.48. The van der Waals surface area contributed by atoms with Crippen molar-refractivity contribution in [3.63, 3.8) is 0 Å². The molecule has 3 aromatic rings. The molecule has 0 saturated carbocycles. The van der Waals surface area contributed by atoms with Crippen LogP contribution in [0.4, 0.5) is 0 Å². The number of rotatable bonds is 5. The zero-order valence-electron chi connectivity index (χ0n) is 16.7. The summed E-state index contributed by atoms with van der Waals surface area (Å²) in [4.78, 5) is 29.3. The molecule has 0 aromatic heterocycles. The maximum Gasteiger partial charge on any atom is 0.268 e. The molecule has 0 fully saturated rings. The number of amides is 2. The first-order valence-electron chi connectivity index (χ1n) is 9.59. The number of imide groups is 1. The van der Waals surface area contributed by atoms with Crippen molar-refractivity contribution < 1.29 is 9.59 Å². The molecule has 0 aliphatic carbocycles. The molecule has 1 aliphatic heterocycles. The molecule has 1 heterocycles. The molecular formula is C25H20ClNO2S. The van der Waals surface area contributed by atoms with Crippen LogP contribution in [0.3, 0.4) is 0 Å². The summed E-state index contributed by atoms with van der Waals surface area (Å²) in [6.07, 6.45) is 0. The fourth-order valence-corrected chi connectivity index (χ4v) is 4.47. The van der Waals surface area contributed by atoms with E-state index >= 15 is 0 Å². The number of thioether (sulfide) groups is 1. The molecule has 30 heavy (non-hydrogen) atoms. The molecule has 5 heteroatoms. The summed E-state index contributed by atoms with van der Waals surface area (Å²) in [6, 6.07) is 22.7. The number of aryl methyl sites for hydroxylation is 2. The summed E-state index contributed by atoms with van der Waals surface area (Å²) >= 11 is 7.31. The number of nitrogens with zero attached hydrogens (tertiary/aromatic N) is 1. The van der Waals surface area contributed by atoms with Crippen LogP contribution in [0.25, 0.3) is 5.57 Å². The third kappa shape index (κ3) is 4.07. The highest BCUT2D eigenvalue weighted by Crippen LogP contribution is 2.40. The summed E-state index contributed by atoms with van der Waals surface area (Å²) < 4.78 is 0. The zero-order valence-corrected chi connectivity index (χ0v) is 18.3. The zero-order chi connectivity index (χ0) is 21.3. The van der Waals surface area contributed by atoms with E-state index in [1.807, 2.05) is 74.5 Å². The first-order chi connectivity index (χ1) is 14.4. The van der Waals surface area contributed by atoms with Crippen molar-refractivity contribution >= 4 is 40.8 Å². The molecule has 0 atom stereocenters. The van der Waals surface area contributed by atoms with Gasteiger partial charge in [-0.1, -0.05) is 71.9 Å². The highest BCUT2D eigenvalue weighted by molar-refractivity contribution is 8.04. The largest absolute Gasteiger partial charge is 0.269 e. The van der Waals surface area contributed by atoms with Crippen LogP contribution in [0.1, 0.15) is 22.3 Å². The van der Waals surface area contributed by atoms with E-state index < -0.39 is 0 Å². The van der Waals surface area contributed by atoms with Crippen molar-refractivity contribution in [2.24, 2.45) is 0 Å². The monoisotopic (exact) mass is 433 g/mol.